The van der Waals surface area contributed by atoms with E-state index in [0.29, 0.717) is 16.9 Å². The third-order valence-electron chi connectivity index (χ3n) is 3.87. The lowest BCUT2D eigenvalue weighted by molar-refractivity contribution is 0.100. The number of fused-ring (bicyclic) bond motifs is 1. The topological polar surface area (TPSA) is 98.7 Å². The second kappa shape index (κ2) is 6.42. The number of hydrogen-bond acceptors (Lipinski definition) is 2. The Hall–Kier alpha value is -3.72. The van der Waals surface area contributed by atoms with Crippen LogP contribution in [0.2, 0.25) is 0 Å². The molecule has 3 rings (SSSR count). The lowest BCUT2D eigenvalue weighted by Crippen LogP contribution is -2.24. The van der Waals surface area contributed by atoms with E-state index in [1.807, 2.05) is 24.3 Å². The van der Waals surface area contributed by atoms with Crippen LogP contribution >= 0.6 is 0 Å². The molecule has 0 aliphatic carbocycles. The van der Waals surface area contributed by atoms with Crippen molar-refractivity contribution < 1.29 is 4.79 Å². The van der Waals surface area contributed by atoms with Crippen molar-refractivity contribution in [1.82, 2.24) is 4.98 Å². The molecule has 0 unspecified atom stereocenters. The fourth-order valence-corrected chi connectivity index (χ4v) is 2.74. The van der Waals surface area contributed by atoms with Crippen LogP contribution in [0.15, 0.2) is 53.7 Å². The number of guanidine groups is 1. The second-order valence-corrected chi connectivity index (χ2v) is 5.49. The molecule has 0 spiro atoms. The molecule has 0 aliphatic heterocycles. The summed E-state index contributed by atoms with van der Waals surface area (Å²) in [6.45, 7) is 9.26. The van der Waals surface area contributed by atoms with Gasteiger partial charge in [-0.2, -0.15) is 4.99 Å². The summed E-state index contributed by atoms with van der Waals surface area (Å²) in [6, 6.07) is 12.8. The summed E-state index contributed by atoms with van der Waals surface area (Å²) in [5.74, 6) is -0.786. The maximum Gasteiger partial charge on any atom is 0.280 e. The Morgan fingerprint density at radius 3 is 2.68 bits per heavy atom. The van der Waals surface area contributed by atoms with E-state index < -0.39 is 5.91 Å². The fourth-order valence-electron chi connectivity index (χ4n) is 2.74. The van der Waals surface area contributed by atoms with Crippen LogP contribution in [0.5, 0.6) is 0 Å². The van der Waals surface area contributed by atoms with Crippen LogP contribution in [-0.4, -0.2) is 16.9 Å². The Morgan fingerprint density at radius 2 is 1.96 bits per heavy atom. The molecule has 3 aromatic rings. The first-order valence-electron chi connectivity index (χ1n) is 7.51. The Balaban J connectivity index is 2.27. The van der Waals surface area contributed by atoms with E-state index >= 15 is 0 Å². The van der Waals surface area contributed by atoms with E-state index in [-0.39, 0.29) is 5.96 Å². The maximum atomic E-state index is 12.1. The lowest BCUT2D eigenvalue weighted by atomic mass is 9.95. The van der Waals surface area contributed by atoms with Gasteiger partial charge in [0, 0.05) is 17.5 Å². The molecule has 6 heteroatoms. The van der Waals surface area contributed by atoms with Crippen molar-refractivity contribution >= 4 is 28.3 Å². The van der Waals surface area contributed by atoms with Gasteiger partial charge in [-0.25, -0.2) is 4.85 Å². The van der Waals surface area contributed by atoms with Crippen LogP contribution in [0, 0.1) is 13.5 Å². The lowest BCUT2D eigenvalue weighted by Gasteiger charge is -2.11. The molecule has 1 heterocycles. The van der Waals surface area contributed by atoms with E-state index in [0.717, 1.165) is 21.9 Å². The number of aryl methyl sites for hydroxylation is 1. The van der Waals surface area contributed by atoms with E-state index in [4.69, 9.17) is 18.0 Å². The molecule has 0 bridgehead atoms. The molecule has 2 aromatic carbocycles. The van der Waals surface area contributed by atoms with Crippen molar-refractivity contribution in [2.75, 3.05) is 0 Å². The molecule has 0 atom stereocenters. The van der Waals surface area contributed by atoms with Crippen LogP contribution in [0.3, 0.4) is 0 Å². The van der Waals surface area contributed by atoms with Crippen LogP contribution in [0.1, 0.15) is 16.1 Å². The molecule has 6 nitrogen and oxygen atoms in total. The zero-order chi connectivity index (χ0) is 18.0. The number of nitrogens with two attached hydrogens (primary N) is 2. The number of rotatable bonds is 2. The fraction of sp³-hybridized carbons (Fsp3) is 0.0526. The standard InChI is InChI=1S/C19H15N5O/c1-11-17(22-2)15(8-9-23-11)14-5-3-4-12-6-7-13(10-16(12)14)18(25)24-19(20)21/h3-10H,1H3,(H4,20,21,24,25). The SMILES string of the molecule is [C-]#[N+]c1c(-c2cccc3ccc(C(=O)N=C(N)N)cc23)ccnc1C. The van der Waals surface area contributed by atoms with Crippen LogP contribution in [0.25, 0.3) is 26.7 Å². The van der Waals surface area contributed by atoms with Crippen LogP contribution in [0.4, 0.5) is 5.69 Å². The highest BCUT2D eigenvalue weighted by Gasteiger charge is 2.13. The summed E-state index contributed by atoms with van der Waals surface area (Å²) in [4.78, 5) is 23.5. The second-order valence-electron chi connectivity index (χ2n) is 5.49. The van der Waals surface area contributed by atoms with Gasteiger partial charge in [0.05, 0.1) is 6.57 Å². The molecule has 4 N–H and O–H groups in total. The molecular weight excluding hydrogens is 314 g/mol. The summed E-state index contributed by atoms with van der Waals surface area (Å²) < 4.78 is 0. The van der Waals surface area contributed by atoms with Gasteiger partial charge in [0.1, 0.15) is 0 Å². The highest BCUT2D eigenvalue weighted by molar-refractivity contribution is 6.07. The summed E-state index contributed by atoms with van der Waals surface area (Å²) in [5, 5.41) is 1.79. The first kappa shape index (κ1) is 16.1. The van der Waals surface area contributed by atoms with Gasteiger partial charge in [0.15, 0.2) is 5.96 Å². The number of benzene rings is 2. The average Bonchev–Trinajstić information content (AvgIpc) is 2.60. The van der Waals surface area contributed by atoms with Crippen molar-refractivity contribution in [2.45, 2.75) is 6.92 Å². The molecule has 1 aromatic heterocycles. The smallest absolute Gasteiger partial charge is 0.280 e. The number of carbonyl (C=O) groups is 1. The summed E-state index contributed by atoms with van der Waals surface area (Å²) in [7, 11) is 0. The van der Waals surface area contributed by atoms with Gasteiger partial charge in [-0.05, 0) is 47.0 Å². The minimum atomic E-state index is -0.506. The minimum absolute atomic E-state index is 0.279. The minimum Gasteiger partial charge on any atom is -0.370 e. The average molecular weight is 329 g/mol. The van der Waals surface area contributed by atoms with E-state index in [1.54, 1.807) is 31.3 Å². The van der Waals surface area contributed by atoms with Gasteiger partial charge >= 0.3 is 0 Å². The van der Waals surface area contributed by atoms with Crippen molar-refractivity contribution in [3.8, 4) is 11.1 Å². The number of carbonyl (C=O) groups excluding carboxylic acids is 1. The zero-order valence-corrected chi connectivity index (χ0v) is 13.5. The van der Waals surface area contributed by atoms with Gasteiger partial charge in [-0.15, -0.1) is 0 Å². The first-order chi connectivity index (χ1) is 12.0. The largest absolute Gasteiger partial charge is 0.370 e. The maximum absolute atomic E-state index is 12.1. The van der Waals surface area contributed by atoms with Crippen molar-refractivity contribution in [1.29, 1.82) is 0 Å². The zero-order valence-electron chi connectivity index (χ0n) is 13.5. The van der Waals surface area contributed by atoms with Gasteiger partial charge < -0.3 is 11.5 Å². The van der Waals surface area contributed by atoms with E-state index in [1.165, 1.54) is 0 Å². The molecule has 0 fully saturated rings. The quantitative estimate of drug-likeness (QED) is 0.428. The molecule has 0 saturated carbocycles. The number of amides is 1. The Kier molecular flexibility index (Phi) is 4.14. The molecule has 122 valence electrons. The number of hydrogen-bond donors (Lipinski definition) is 2. The van der Waals surface area contributed by atoms with Crippen molar-refractivity contribution in [3.05, 3.63) is 71.3 Å². The third kappa shape index (κ3) is 3.03. The monoisotopic (exact) mass is 329 g/mol. The van der Waals surface area contributed by atoms with Gasteiger partial charge in [-0.1, -0.05) is 24.3 Å². The van der Waals surface area contributed by atoms with Gasteiger partial charge in [-0.3, -0.25) is 9.78 Å². The number of nitrogens with zero attached hydrogens (tertiary/aromatic N) is 3. The first-order valence-corrected chi connectivity index (χ1v) is 7.51. The predicted molar refractivity (Wildman–Crippen MR) is 98.3 cm³/mol. The van der Waals surface area contributed by atoms with Crippen molar-refractivity contribution in [3.63, 3.8) is 0 Å². The van der Waals surface area contributed by atoms with E-state index in [9.17, 15) is 4.79 Å². The van der Waals surface area contributed by atoms with E-state index in [2.05, 4.69) is 14.8 Å². The highest BCUT2D eigenvalue weighted by atomic mass is 16.1. The van der Waals surface area contributed by atoms with Crippen LogP contribution in [-0.2, 0) is 0 Å². The molecule has 0 radical (unpaired) electrons. The summed E-state index contributed by atoms with van der Waals surface area (Å²) in [5.41, 5.74) is 13.7. The molecule has 0 saturated heterocycles. The predicted octanol–water partition coefficient (Wildman–Crippen LogP) is 3.17. The highest BCUT2D eigenvalue weighted by Crippen LogP contribution is 2.36. The summed E-state index contributed by atoms with van der Waals surface area (Å²) in [6.07, 6.45) is 1.67. The summed E-state index contributed by atoms with van der Waals surface area (Å²) >= 11 is 0. The molecular formula is C19H15N5O. The molecule has 0 aliphatic rings. The number of pyridine rings is 1. The normalized spacial score (nSPS) is 10.2. The van der Waals surface area contributed by atoms with Gasteiger partial charge in [0.2, 0.25) is 5.69 Å². The Bertz CT molecular complexity index is 1060. The number of aromatic nitrogens is 1. The third-order valence-corrected chi connectivity index (χ3v) is 3.87. The Labute approximate surface area is 144 Å². The Morgan fingerprint density at radius 1 is 1.16 bits per heavy atom. The molecule has 1 amide bonds. The van der Waals surface area contributed by atoms with Gasteiger partial charge in [0.25, 0.3) is 5.91 Å². The molecule has 25 heavy (non-hydrogen) atoms. The number of aliphatic imine (C=N–C) groups is 1. The van der Waals surface area contributed by atoms with Crippen molar-refractivity contribution in [2.24, 2.45) is 16.5 Å². The van der Waals surface area contributed by atoms with Crippen LogP contribution < -0.4 is 11.5 Å².